The van der Waals surface area contributed by atoms with Gasteiger partial charge in [-0.1, -0.05) is 13.8 Å². The summed E-state index contributed by atoms with van der Waals surface area (Å²) in [5.41, 5.74) is 0.886. The van der Waals surface area contributed by atoms with E-state index >= 15 is 0 Å². The second-order valence-electron chi connectivity index (χ2n) is 7.18. The Kier molecular flexibility index (Phi) is 5.81. The molecule has 1 aliphatic rings. The van der Waals surface area contributed by atoms with E-state index in [1.54, 1.807) is 6.92 Å². The highest BCUT2D eigenvalue weighted by atomic mass is 32.1. The van der Waals surface area contributed by atoms with Crippen LogP contribution in [0.3, 0.4) is 0 Å². The van der Waals surface area contributed by atoms with Crippen molar-refractivity contribution in [3.05, 3.63) is 29.1 Å². The lowest BCUT2D eigenvalue weighted by atomic mass is 9.92. The molecule has 1 aliphatic heterocycles. The predicted octanol–water partition coefficient (Wildman–Crippen LogP) is 3.99. The number of hydrogen-bond donors (Lipinski definition) is 1. The van der Waals surface area contributed by atoms with Crippen molar-refractivity contribution in [2.24, 2.45) is 11.8 Å². The number of carbonyl (C=O) groups excluding carboxylic acids is 2. The van der Waals surface area contributed by atoms with E-state index < -0.39 is 0 Å². The molecule has 2 atom stereocenters. The fourth-order valence-electron chi connectivity index (χ4n) is 3.61. The molecule has 2 aromatic rings. The van der Waals surface area contributed by atoms with Crippen LogP contribution in [0.4, 0.5) is 5.69 Å². The summed E-state index contributed by atoms with van der Waals surface area (Å²) in [4.78, 5) is 26.9. The van der Waals surface area contributed by atoms with Crippen molar-refractivity contribution in [3.63, 3.8) is 0 Å². The van der Waals surface area contributed by atoms with E-state index in [-0.39, 0.29) is 11.9 Å². The normalized spacial score (nSPS) is 20.2. The number of thiophene rings is 1. The number of likely N-dealkylation sites (tertiary alicyclic amines) is 1. The van der Waals surface area contributed by atoms with Gasteiger partial charge in [-0.2, -0.15) is 0 Å². The SMILES string of the molecule is CCOC(=O)c1cc2cc(NCC(=O)N3CC(C)CC(C)C3)ccc2s1. The molecule has 6 heteroatoms. The maximum atomic E-state index is 12.5. The molecule has 2 heterocycles. The predicted molar refractivity (Wildman–Crippen MR) is 106 cm³/mol. The van der Waals surface area contributed by atoms with Gasteiger partial charge in [-0.05, 0) is 54.8 Å². The van der Waals surface area contributed by atoms with Crippen molar-refractivity contribution in [1.82, 2.24) is 4.90 Å². The van der Waals surface area contributed by atoms with E-state index in [9.17, 15) is 9.59 Å². The summed E-state index contributed by atoms with van der Waals surface area (Å²) in [5, 5.41) is 4.21. The third-order valence-electron chi connectivity index (χ3n) is 4.66. The molecule has 140 valence electrons. The van der Waals surface area contributed by atoms with Gasteiger partial charge in [-0.3, -0.25) is 4.79 Å². The molecular formula is C20H26N2O3S. The number of rotatable bonds is 5. The molecular weight excluding hydrogens is 348 g/mol. The van der Waals surface area contributed by atoms with Crippen molar-refractivity contribution < 1.29 is 14.3 Å². The van der Waals surface area contributed by atoms with E-state index in [1.807, 2.05) is 29.2 Å². The van der Waals surface area contributed by atoms with Crippen LogP contribution < -0.4 is 5.32 Å². The highest BCUT2D eigenvalue weighted by Crippen LogP contribution is 2.29. The monoisotopic (exact) mass is 374 g/mol. The first kappa shape index (κ1) is 18.7. The molecule has 26 heavy (non-hydrogen) atoms. The second-order valence-corrected chi connectivity index (χ2v) is 8.27. The third-order valence-corrected chi connectivity index (χ3v) is 5.75. The molecule has 1 fully saturated rings. The fourth-order valence-corrected chi connectivity index (χ4v) is 4.55. The molecule has 0 bridgehead atoms. The number of carbonyl (C=O) groups is 2. The molecule has 5 nitrogen and oxygen atoms in total. The van der Waals surface area contributed by atoms with Gasteiger partial charge < -0.3 is 15.0 Å². The Morgan fingerprint density at radius 1 is 1.23 bits per heavy atom. The summed E-state index contributed by atoms with van der Waals surface area (Å²) in [6.07, 6.45) is 1.19. The van der Waals surface area contributed by atoms with Gasteiger partial charge in [0.1, 0.15) is 4.88 Å². The largest absolute Gasteiger partial charge is 0.462 e. The maximum Gasteiger partial charge on any atom is 0.348 e. The molecule has 0 spiro atoms. The van der Waals surface area contributed by atoms with Gasteiger partial charge in [0.05, 0.1) is 13.2 Å². The van der Waals surface area contributed by atoms with Gasteiger partial charge in [0.15, 0.2) is 0 Å². The van der Waals surface area contributed by atoms with Gasteiger partial charge in [0.2, 0.25) is 5.91 Å². The maximum absolute atomic E-state index is 12.5. The number of amides is 1. The van der Waals surface area contributed by atoms with Gasteiger partial charge in [-0.15, -0.1) is 11.3 Å². The Morgan fingerprint density at radius 3 is 2.65 bits per heavy atom. The molecule has 0 aliphatic carbocycles. The van der Waals surface area contributed by atoms with Crippen LogP contribution in [0.2, 0.25) is 0 Å². The molecule has 1 amide bonds. The topological polar surface area (TPSA) is 58.6 Å². The Hall–Kier alpha value is -2.08. The van der Waals surface area contributed by atoms with Crippen LogP contribution >= 0.6 is 11.3 Å². The van der Waals surface area contributed by atoms with E-state index in [0.29, 0.717) is 29.9 Å². The van der Waals surface area contributed by atoms with Gasteiger partial charge in [-0.25, -0.2) is 4.79 Å². The zero-order valence-electron chi connectivity index (χ0n) is 15.6. The number of ether oxygens (including phenoxy) is 1. The summed E-state index contributed by atoms with van der Waals surface area (Å²) >= 11 is 1.42. The van der Waals surface area contributed by atoms with Gasteiger partial charge in [0.25, 0.3) is 0 Å². The number of nitrogens with zero attached hydrogens (tertiary/aromatic N) is 1. The van der Waals surface area contributed by atoms with Crippen molar-refractivity contribution in [1.29, 1.82) is 0 Å². The summed E-state index contributed by atoms with van der Waals surface area (Å²) in [6.45, 7) is 8.56. The fraction of sp³-hybridized carbons (Fsp3) is 0.500. The highest BCUT2D eigenvalue weighted by Gasteiger charge is 2.25. The van der Waals surface area contributed by atoms with Crippen molar-refractivity contribution >= 4 is 39.0 Å². The smallest absolute Gasteiger partial charge is 0.348 e. The van der Waals surface area contributed by atoms with Crippen molar-refractivity contribution in [2.45, 2.75) is 27.2 Å². The number of hydrogen-bond acceptors (Lipinski definition) is 5. The van der Waals surface area contributed by atoms with E-state index in [1.165, 1.54) is 17.8 Å². The molecule has 1 aromatic heterocycles. The summed E-state index contributed by atoms with van der Waals surface area (Å²) < 4.78 is 6.09. The van der Waals surface area contributed by atoms with Gasteiger partial charge in [0, 0.05) is 23.5 Å². The first-order valence-corrected chi connectivity index (χ1v) is 10.00. The van der Waals surface area contributed by atoms with Gasteiger partial charge >= 0.3 is 5.97 Å². The third kappa shape index (κ3) is 4.36. The zero-order chi connectivity index (χ0) is 18.7. The van der Waals surface area contributed by atoms with Crippen LogP contribution in [0.1, 0.15) is 36.9 Å². The lowest BCUT2D eigenvalue weighted by Gasteiger charge is -2.35. The molecule has 1 N–H and O–H groups in total. The number of fused-ring (bicyclic) bond motifs is 1. The second kappa shape index (κ2) is 8.08. The highest BCUT2D eigenvalue weighted by molar-refractivity contribution is 7.20. The minimum Gasteiger partial charge on any atom is -0.462 e. The quantitative estimate of drug-likeness (QED) is 0.804. The van der Waals surface area contributed by atoms with Crippen LogP contribution in [0.25, 0.3) is 10.1 Å². The van der Waals surface area contributed by atoms with Crippen LogP contribution in [0, 0.1) is 11.8 Å². The molecule has 3 rings (SSSR count). The summed E-state index contributed by atoms with van der Waals surface area (Å²) in [6, 6.07) is 7.74. The van der Waals surface area contributed by atoms with E-state index in [2.05, 4.69) is 19.2 Å². The molecule has 0 saturated carbocycles. The number of nitrogens with one attached hydrogen (secondary N) is 1. The first-order chi connectivity index (χ1) is 12.5. The van der Waals surface area contributed by atoms with Crippen LogP contribution in [-0.4, -0.2) is 43.0 Å². The number of benzene rings is 1. The summed E-state index contributed by atoms with van der Waals surface area (Å²) in [7, 11) is 0. The molecule has 0 radical (unpaired) electrons. The van der Waals surface area contributed by atoms with Crippen LogP contribution in [0.15, 0.2) is 24.3 Å². The average Bonchev–Trinajstić information content (AvgIpc) is 3.02. The Balaban J connectivity index is 1.63. The van der Waals surface area contributed by atoms with Crippen molar-refractivity contribution in [2.75, 3.05) is 31.6 Å². The minimum atomic E-state index is -0.285. The van der Waals surface area contributed by atoms with Crippen molar-refractivity contribution in [3.8, 4) is 0 Å². The van der Waals surface area contributed by atoms with Crippen LogP contribution in [0.5, 0.6) is 0 Å². The number of esters is 1. The van der Waals surface area contributed by atoms with E-state index in [4.69, 9.17) is 4.74 Å². The molecule has 2 unspecified atom stereocenters. The number of anilines is 1. The minimum absolute atomic E-state index is 0.140. The zero-order valence-corrected chi connectivity index (χ0v) is 16.4. The lowest BCUT2D eigenvalue weighted by Crippen LogP contribution is -2.44. The lowest BCUT2D eigenvalue weighted by molar-refractivity contribution is -0.131. The number of piperidine rings is 1. The Bertz CT molecular complexity index is 791. The Labute approximate surface area is 158 Å². The van der Waals surface area contributed by atoms with E-state index in [0.717, 1.165) is 28.9 Å². The Morgan fingerprint density at radius 2 is 1.96 bits per heavy atom. The molecule has 1 saturated heterocycles. The molecule has 1 aromatic carbocycles. The average molecular weight is 375 g/mol. The standard InChI is InChI=1S/C20H26N2O3S/c1-4-25-20(24)18-9-15-8-16(5-6-17(15)26-18)21-10-19(23)22-11-13(2)7-14(3)12-22/h5-6,8-9,13-14,21H,4,7,10-12H2,1-3H3. The van der Waals surface area contributed by atoms with Crippen LogP contribution in [-0.2, 0) is 9.53 Å². The summed E-state index contributed by atoms with van der Waals surface area (Å²) in [5.74, 6) is 0.977. The first-order valence-electron chi connectivity index (χ1n) is 9.18.